The van der Waals surface area contributed by atoms with Crippen LogP contribution in [-0.2, 0) is 6.54 Å². The topological polar surface area (TPSA) is 45.6 Å². The van der Waals surface area contributed by atoms with E-state index in [-0.39, 0.29) is 24.0 Å². The zero-order chi connectivity index (χ0) is 11.2. The predicted octanol–water partition coefficient (Wildman–Crippen LogP) is 1.75. The number of guanidine groups is 1. The number of methoxy groups -OCH3 is 1. The molecule has 0 saturated carbocycles. The summed E-state index contributed by atoms with van der Waals surface area (Å²) in [6.07, 6.45) is 1.11. The molecule has 2 N–H and O–H groups in total. The van der Waals surface area contributed by atoms with Gasteiger partial charge in [0, 0.05) is 25.2 Å². The first-order valence-electron chi connectivity index (χ1n) is 5.54. The van der Waals surface area contributed by atoms with Gasteiger partial charge in [-0.3, -0.25) is 4.99 Å². The summed E-state index contributed by atoms with van der Waals surface area (Å²) in [6.45, 7) is 2.63. The summed E-state index contributed by atoms with van der Waals surface area (Å²) >= 11 is 0. The summed E-state index contributed by atoms with van der Waals surface area (Å²) < 4.78 is 5.28. The van der Waals surface area contributed by atoms with Crippen molar-refractivity contribution in [3.8, 4) is 5.75 Å². The second kappa shape index (κ2) is 7.37. The Balaban J connectivity index is 0.00000144. The van der Waals surface area contributed by atoms with Crippen molar-refractivity contribution in [3.63, 3.8) is 0 Å². The molecule has 1 heterocycles. The third kappa shape index (κ3) is 4.07. The molecule has 0 fully saturated rings. The molecule has 94 valence electrons. The van der Waals surface area contributed by atoms with Gasteiger partial charge in [-0.25, -0.2) is 0 Å². The van der Waals surface area contributed by atoms with Crippen LogP contribution in [0.2, 0.25) is 0 Å². The number of ether oxygens (including phenoxy) is 1. The Morgan fingerprint density at radius 2 is 2.24 bits per heavy atom. The maximum absolute atomic E-state index is 5.28. The Morgan fingerprint density at radius 1 is 1.41 bits per heavy atom. The van der Waals surface area contributed by atoms with E-state index in [2.05, 4.69) is 21.7 Å². The van der Waals surface area contributed by atoms with Gasteiger partial charge in [0.05, 0.1) is 7.11 Å². The summed E-state index contributed by atoms with van der Waals surface area (Å²) in [5.41, 5.74) is 1.14. The van der Waals surface area contributed by atoms with Crippen molar-refractivity contribution in [2.75, 3.05) is 20.2 Å². The first-order chi connectivity index (χ1) is 7.90. The number of para-hydroxylation sites is 1. The van der Waals surface area contributed by atoms with E-state index in [9.17, 15) is 0 Å². The van der Waals surface area contributed by atoms with Crippen LogP contribution in [0.3, 0.4) is 0 Å². The highest BCUT2D eigenvalue weighted by Gasteiger charge is 2.05. The summed E-state index contributed by atoms with van der Waals surface area (Å²) in [6, 6.07) is 8.00. The molecule has 0 spiro atoms. The van der Waals surface area contributed by atoms with E-state index >= 15 is 0 Å². The standard InChI is InChI=1S/C12H17N3O.HI/c1-16-11-6-3-2-5-10(11)9-15-12-13-7-4-8-14-12;/h2-3,5-6H,4,7-9H2,1H3,(H2,13,14,15);1H. The molecule has 1 aliphatic rings. The van der Waals surface area contributed by atoms with Gasteiger partial charge in [0.2, 0.25) is 0 Å². The molecule has 0 saturated heterocycles. The fourth-order valence-electron chi connectivity index (χ4n) is 1.68. The van der Waals surface area contributed by atoms with Gasteiger partial charge in [0.15, 0.2) is 5.96 Å². The van der Waals surface area contributed by atoms with Crippen molar-refractivity contribution in [1.82, 2.24) is 10.6 Å². The highest BCUT2D eigenvalue weighted by atomic mass is 127. The largest absolute Gasteiger partial charge is 0.496 e. The fraction of sp³-hybridized carbons (Fsp3) is 0.417. The van der Waals surface area contributed by atoms with E-state index in [1.54, 1.807) is 7.11 Å². The van der Waals surface area contributed by atoms with Crippen molar-refractivity contribution in [2.24, 2.45) is 4.99 Å². The Labute approximate surface area is 119 Å². The van der Waals surface area contributed by atoms with Crippen molar-refractivity contribution in [3.05, 3.63) is 29.8 Å². The summed E-state index contributed by atoms with van der Waals surface area (Å²) in [4.78, 5) is 4.35. The normalized spacial score (nSPS) is 14.1. The molecule has 0 unspecified atom stereocenters. The Kier molecular flexibility index (Phi) is 6.10. The number of halogens is 1. The Bertz CT molecular complexity index is 382. The zero-order valence-electron chi connectivity index (χ0n) is 9.90. The maximum Gasteiger partial charge on any atom is 0.191 e. The van der Waals surface area contributed by atoms with Crippen LogP contribution in [0, 0.1) is 0 Å². The van der Waals surface area contributed by atoms with Crippen molar-refractivity contribution in [1.29, 1.82) is 0 Å². The second-order valence-electron chi connectivity index (χ2n) is 3.68. The summed E-state index contributed by atoms with van der Waals surface area (Å²) in [5, 5.41) is 6.50. The van der Waals surface area contributed by atoms with Crippen LogP contribution in [0.4, 0.5) is 0 Å². The molecule has 2 rings (SSSR count). The Morgan fingerprint density at radius 3 is 2.94 bits per heavy atom. The van der Waals surface area contributed by atoms with E-state index in [1.807, 2.05) is 18.2 Å². The third-order valence-electron chi connectivity index (χ3n) is 2.54. The van der Waals surface area contributed by atoms with Crippen LogP contribution in [0.15, 0.2) is 29.3 Å². The van der Waals surface area contributed by atoms with Gasteiger partial charge in [0.1, 0.15) is 5.75 Å². The van der Waals surface area contributed by atoms with Gasteiger partial charge in [-0.2, -0.15) is 0 Å². The number of rotatable bonds is 3. The van der Waals surface area contributed by atoms with Crippen LogP contribution in [0.5, 0.6) is 5.75 Å². The van der Waals surface area contributed by atoms with Gasteiger partial charge >= 0.3 is 0 Å². The SMILES string of the molecule is COc1ccccc1CNC1=NCCCN1.I. The molecule has 0 aliphatic carbocycles. The minimum atomic E-state index is 0. The minimum Gasteiger partial charge on any atom is -0.496 e. The molecule has 1 aromatic rings. The van der Waals surface area contributed by atoms with Gasteiger partial charge < -0.3 is 15.4 Å². The molecule has 0 radical (unpaired) electrons. The Hall–Kier alpha value is -0.980. The molecule has 17 heavy (non-hydrogen) atoms. The van der Waals surface area contributed by atoms with Crippen molar-refractivity contribution in [2.45, 2.75) is 13.0 Å². The fourth-order valence-corrected chi connectivity index (χ4v) is 1.68. The number of hydrogen-bond acceptors (Lipinski definition) is 4. The van der Waals surface area contributed by atoms with Crippen LogP contribution >= 0.6 is 24.0 Å². The minimum absolute atomic E-state index is 0. The average molecular weight is 347 g/mol. The predicted molar refractivity (Wildman–Crippen MR) is 80.2 cm³/mol. The van der Waals surface area contributed by atoms with Crippen LogP contribution in [0.25, 0.3) is 0 Å². The molecule has 4 nitrogen and oxygen atoms in total. The number of aliphatic imine (C=N–C) groups is 1. The van der Waals surface area contributed by atoms with Crippen LogP contribution in [-0.4, -0.2) is 26.2 Å². The van der Waals surface area contributed by atoms with Gasteiger partial charge in [-0.1, -0.05) is 18.2 Å². The molecule has 0 atom stereocenters. The molecule has 0 amide bonds. The summed E-state index contributed by atoms with van der Waals surface area (Å²) in [5.74, 6) is 1.79. The highest BCUT2D eigenvalue weighted by molar-refractivity contribution is 14.0. The number of hydrogen-bond donors (Lipinski definition) is 2. The number of benzene rings is 1. The average Bonchev–Trinajstić information content (AvgIpc) is 2.38. The molecular formula is C12H18IN3O. The monoisotopic (exact) mass is 347 g/mol. The van der Waals surface area contributed by atoms with E-state index in [4.69, 9.17) is 4.74 Å². The quantitative estimate of drug-likeness (QED) is 0.819. The van der Waals surface area contributed by atoms with E-state index in [0.717, 1.165) is 43.3 Å². The van der Waals surface area contributed by atoms with E-state index < -0.39 is 0 Å². The van der Waals surface area contributed by atoms with Crippen molar-refractivity contribution >= 4 is 29.9 Å². The highest BCUT2D eigenvalue weighted by Crippen LogP contribution is 2.16. The smallest absolute Gasteiger partial charge is 0.191 e. The first-order valence-corrected chi connectivity index (χ1v) is 5.54. The second-order valence-corrected chi connectivity index (χ2v) is 3.68. The lowest BCUT2D eigenvalue weighted by atomic mass is 10.2. The molecule has 0 aromatic heterocycles. The lowest BCUT2D eigenvalue weighted by molar-refractivity contribution is 0.409. The molecule has 0 bridgehead atoms. The molecule has 1 aliphatic heterocycles. The molecular weight excluding hydrogens is 329 g/mol. The maximum atomic E-state index is 5.28. The van der Waals surface area contributed by atoms with Crippen LogP contribution in [0.1, 0.15) is 12.0 Å². The molecule has 5 heteroatoms. The van der Waals surface area contributed by atoms with E-state index in [0.29, 0.717) is 0 Å². The van der Waals surface area contributed by atoms with Gasteiger partial charge in [-0.15, -0.1) is 24.0 Å². The lowest BCUT2D eigenvalue weighted by Crippen LogP contribution is -2.40. The number of nitrogens with one attached hydrogen (secondary N) is 2. The number of nitrogens with zero attached hydrogens (tertiary/aromatic N) is 1. The van der Waals surface area contributed by atoms with Crippen molar-refractivity contribution < 1.29 is 4.74 Å². The van der Waals surface area contributed by atoms with Gasteiger partial charge in [-0.05, 0) is 12.5 Å². The third-order valence-corrected chi connectivity index (χ3v) is 2.54. The summed E-state index contributed by atoms with van der Waals surface area (Å²) in [7, 11) is 1.69. The lowest BCUT2D eigenvalue weighted by Gasteiger charge is -2.16. The first kappa shape index (κ1) is 14.1. The van der Waals surface area contributed by atoms with E-state index in [1.165, 1.54) is 0 Å². The van der Waals surface area contributed by atoms with Gasteiger partial charge in [0.25, 0.3) is 0 Å². The molecule has 1 aromatic carbocycles. The van der Waals surface area contributed by atoms with Crippen LogP contribution < -0.4 is 15.4 Å². The zero-order valence-corrected chi connectivity index (χ0v) is 12.2.